The quantitative estimate of drug-likeness (QED) is 0.943. The minimum atomic E-state index is -0.481. The molecule has 0 spiro atoms. The molecule has 1 aromatic carbocycles. The Bertz CT molecular complexity index is 649. The lowest BCUT2D eigenvalue weighted by Crippen LogP contribution is -2.23. The highest BCUT2D eigenvalue weighted by molar-refractivity contribution is 5.43. The maximum Gasteiger partial charge on any atom is 0.169 e. The van der Waals surface area contributed by atoms with Crippen molar-refractivity contribution in [3.8, 4) is 5.75 Å². The normalized spacial score (nSPS) is 17.8. The van der Waals surface area contributed by atoms with E-state index in [1.165, 1.54) is 24.4 Å². The van der Waals surface area contributed by atoms with E-state index >= 15 is 0 Å². The van der Waals surface area contributed by atoms with E-state index in [2.05, 4.69) is 4.98 Å². The number of aliphatic hydroxyl groups is 1. The lowest BCUT2D eigenvalue weighted by atomic mass is 10.2. The molecule has 1 aliphatic heterocycles. The molecule has 4 nitrogen and oxygen atoms in total. The molecule has 1 fully saturated rings. The molecule has 0 amide bonds. The Kier molecular flexibility index (Phi) is 4.20. The Morgan fingerprint density at radius 3 is 2.68 bits per heavy atom. The second kappa shape index (κ2) is 6.27. The second-order valence-corrected chi connectivity index (χ2v) is 5.28. The van der Waals surface area contributed by atoms with Gasteiger partial charge in [-0.3, -0.25) is 0 Å². The Labute approximate surface area is 127 Å². The Morgan fingerprint density at radius 1 is 1.27 bits per heavy atom. The molecule has 116 valence electrons. The molecule has 1 N–H and O–H groups in total. The first-order chi connectivity index (χ1) is 10.6. The highest BCUT2D eigenvalue weighted by Crippen LogP contribution is 2.24. The molecule has 1 saturated heterocycles. The van der Waals surface area contributed by atoms with Crippen molar-refractivity contribution < 1.29 is 18.6 Å². The highest BCUT2D eigenvalue weighted by Gasteiger charge is 2.23. The van der Waals surface area contributed by atoms with Crippen LogP contribution in [0.3, 0.4) is 0 Å². The number of pyridine rings is 1. The van der Waals surface area contributed by atoms with Crippen molar-refractivity contribution in [2.24, 2.45) is 0 Å². The third-order valence-electron chi connectivity index (χ3n) is 3.58. The van der Waals surface area contributed by atoms with Crippen molar-refractivity contribution in [2.45, 2.75) is 19.1 Å². The summed E-state index contributed by atoms with van der Waals surface area (Å²) >= 11 is 0. The zero-order valence-corrected chi connectivity index (χ0v) is 11.9. The van der Waals surface area contributed by atoms with Crippen LogP contribution in [-0.2, 0) is 6.61 Å². The number of aliphatic hydroxyl groups excluding tert-OH is 1. The molecule has 0 bridgehead atoms. The van der Waals surface area contributed by atoms with Gasteiger partial charge in [0.25, 0.3) is 0 Å². The van der Waals surface area contributed by atoms with E-state index in [0.717, 1.165) is 5.56 Å². The van der Waals surface area contributed by atoms with Crippen molar-refractivity contribution in [2.75, 3.05) is 18.0 Å². The van der Waals surface area contributed by atoms with Gasteiger partial charge in [-0.1, -0.05) is 12.1 Å². The van der Waals surface area contributed by atoms with Crippen LogP contribution in [0.4, 0.5) is 14.6 Å². The van der Waals surface area contributed by atoms with Crippen LogP contribution in [0.2, 0.25) is 0 Å². The summed E-state index contributed by atoms with van der Waals surface area (Å²) < 4.78 is 32.4. The molecule has 22 heavy (non-hydrogen) atoms. The summed E-state index contributed by atoms with van der Waals surface area (Å²) in [6.07, 6.45) is 1.63. The van der Waals surface area contributed by atoms with Crippen LogP contribution in [-0.4, -0.2) is 29.3 Å². The minimum absolute atomic E-state index is 0.211. The molecule has 2 heterocycles. The van der Waals surface area contributed by atoms with Gasteiger partial charge in [0, 0.05) is 19.2 Å². The van der Waals surface area contributed by atoms with Crippen molar-refractivity contribution in [1.29, 1.82) is 0 Å². The molecule has 1 aromatic heterocycles. The SMILES string of the molecule is O[C@@H]1CCN(c2ncc(OCc3ccc(F)cc3)cc2F)C1. The number of anilines is 1. The number of rotatable bonds is 4. The molecule has 0 radical (unpaired) electrons. The standard InChI is InChI=1S/C16H16F2N2O2/c17-12-3-1-11(2-4-12)10-22-14-7-15(18)16(19-8-14)20-6-5-13(21)9-20/h1-4,7-8,13,21H,5-6,9-10H2/t13-/m1/s1. The summed E-state index contributed by atoms with van der Waals surface area (Å²) in [5.41, 5.74) is 0.786. The van der Waals surface area contributed by atoms with Crippen LogP contribution in [0.15, 0.2) is 36.5 Å². The molecule has 1 aliphatic rings. The van der Waals surface area contributed by atoms with Crippen molar-refractivity contribution in [3.63, 3.8) is 0 Å². The molecule has 0 saturated carbocycles. The van der Waals surface area contributed by atoms with Gasteiger partial charge >= 0.3 is 0 Å². The van der Waals surface area contributed by atoms with Crippen LogP contribution in [0.5, 0.6) is 5.75 Å². The van der Waals surface area contributed by atoms with Gasteiger partial charge in [0.1, 0.15) is 18.2 Å². The average molecular weight is 306 g/mol. The fraction of sp³-hybridized carbons (Fsp3) is 0.312. The fourth-order valence-electron chi connectivity index (χ4n) is 2.41. The third kappa shape index (κ3) is 3.33. The Balaban J connectivity index is 1.65. The molecule has 0 aliphatic carbocycles. The monoisotopic (exact) mass is 306 g/mol. The summed E-state index contributed by atoms with van der Waals surface area (Å²) in [5, 5.41) is 9.49. The number of nitrogens with zero attached hydrogens (tertiary/aromatic N) is 2. The molecular weight excluding hydrogens is 290 g/mol. The summed E-state index contributed by atoms with van der Waals surface area (Å²) in [7, 11) is 0. The maximum absolute atomic E-state index is 14.1. The van der Waals surface area contributed by atoms with Crippen LogP contribution in [0.25, 0.3) is 0 Å². The van der Waals surface area contributed by atoms with Gasteiger partial charge in [0.05, 0.1) is 12.3 Å². The molecule has 1 atom stereocenters. The number of hydrogen-bond acceptors (Lipinski definition) is 4. The predicted molar refractivity (Wildman–Crippen MR) is 77.8 cm³/mol. The van der Waals surface area contributed by atoms with Gasteiger partial charge in [-0.15, -0.1) is 0 Å². The van der Waals surface area contributed by atoms with Gasteiger partial charge < -0.3 is 14.7 Å². The zero-order chi connectivity index (χ0) is 15.5. The third-order valence-corrected chi connectivity index (χ3v) is 3.58. The van der Waals surface area contributed by atoms with Crippen LogP contribution in [0, 0.1) is 11.6 Å². The van der Waals surface area contributed by atoms with Crippen LogP contribution in [0.1, 0.15) is 12.0 Å². The lowest BCUT2D eigenvalue weighted by molar-refractivity contribution is 0.198. The predicted octanol–water partition coefficient (Wildman–Crippen LogP) is 2.51. The number of ether oxygens (including phenoxy) is 1. The highest BCUT2D eigenvalue weighted by atomic mass is 19.1. The first-order valence-corrected chi connectivity index (χ1v) is 7.07. The zero-order valence-electron chi connectivity index (χ0n) is 11.9. The topological polar surface area (TPSA) is 45.6 Å². The first kappa shape index (κ1) is 14.7. The molecule has 0 unspecified atom stereocenters. The van der Waals surface area contributed by atoms with Gasteiger partial charge in [-0.05, 0) is 24.1 Å². The van der Waals surface area contributed by atoms with Crippen LogP contribution < -0.4 is 9.64 Å². The molecular formula is C16H16F2N2O2. The van der Waals surface area contributed by atoms with Gasteiger partial charge in [0.2, 0.25) is 0 Å². The van der Waals surface area contributed by atoms with E-state index < -0.39 is 11.9 Å². The summed E-state index contributed by atoms with van der Waals surface area (Å²) in [6.45, 7) is 1.18. The van der Waals surface area contributed by atoms with Crippen molar-refractivity contribution in [3.05, 3.63) is 53.7 Å². The summed E-state index contributed by atoms with van der Waals surface area (Å²) in [6, 6.07) is 7.19. The van der Waals surface area contributed by atoms with Crippen molar-refractivity contribution in [1.82, 2.24) is 4.98 Å². The molecule has 3 rings (SSSR count). The molecule has 6 heteroatoms. The van der Waals surface area contributed by atoms with E-state index in [1.807, 2.05) is 0 Å². The van der Waals surface area contributed by atoms with E-state index in [4.69, 9.17) is 4.74 Å². The number of aromatic nitrogens is 1. The number of benzene rings is 1. The smallest absolute Gasteiger partial charge is 0.169 e. The van der Waals surface area contributed by atoms with Crippen molar-refractivity contribution >= 4 is 5.82 Å². The van der Waals surface area contributed by atoms with E-state index in [0.29, 0.717) is 25.3 Å². The summed E-state index contributed by atoms with van der Waals surface area (Å²) in [5.74, 6) is -0.254. The minimum Gasteiger partial charge on any atom is -0.487 e. The lowest BCUT2D eigenvalue weighted by Gasteiger charge is -2.17. The summed E-state index contributed by atoms with van der Waals surface area (Å²) in [4.78, 5) is 5.79. The number of hydrogen-bond donors (Lipinski definition) is 1. The van der Waals surface area contributed by atoms with E-state index in [9.17, 15) is 13.9 Å². The van der Waals surface area contributed by atoms with Gasteiger partial charge in [-0.25, -0.2) is 13.8 Å². The largest absolute Gasteiger partial charge is 0.487 e. The Hall–Kier alpha value is -2.21. The van der Waals surface area contributed by atoms with Gasteiger partial charge in [-0.2, -0.15) is 0 Å². The second-order valence-electron chi connectivity index (χ2n) is 5.28. The Morgan fingerprint density at radius 2 is 2.05 bits per heavy atom. The number of halogens is 2. The first-order valence-electron chi connectivity index (χ1n) is 7.07. The maximum atomic E-state index is 14.1. The van der Waals surface area contributed by atoms with E-state index in [-0.39, 0.29) is 18.2 Å². The fourth-order valence-corrected chi connectivity index (χ4v) is 2.41. The van der Waals surface area contributed by atoms with Gasteiger partial charge in [0.15, 0.2) is 11.6 Å². The molecule has 2 aromatic rings. The average Bonchev–Trinajstić information content (AvgIpc) is 2.93. The van der Waals surface area contributed by atoms with Crippen LogP contribution >= 0.6 is 0 Å². The van der Waals surface area contributed by atoms with E-state index in [1.54, 1.807) is 17.0 Å². The number of β-amino-alcohol motifs (C(OH)–C–C–N with tert-alkyl or cyclic N) is 1.